The second-order valence-corrected chi connectivity index (χ2v) is 6.25. The Morgan fingerprint density at radius 1 is 0.538 bits per heavy atom. The van der Waals surface area contributed by atoms with Gasteiger partial charge in [0.25, 0.3) is 0 Å². The van der Waals surface area contributed by atoms with Gasteiger partial charge in [-0.05, 0) is 0 Å². The van der Waals surface area contributed by atoms with Crippen molar-refractivity contribution in [2.75, 3.05) is 75.9 Å². The molecular formula is C12H27Cl5N4O4Zn-2. The first kappa shape index (κ1) is 35.2. The second kappa shape index (κ2) is 31.4. The van der Waals surface area contributed by atoms with Gasteiger partial charge in [0.05, 0.1) is 0 Å². The molecular weight excluding hydrogens is 507 g/mol. The Balaban J connectivity index is -0.000000145. The van der Waals surface area contributed by atoms with Gasteiger partial charge in [0, 0.05) is 23.5 Å². The van der Waals surface area contributed by atoms with E-state index >= 15 is 0 Å². The molecule has 0 aliphatic carbocycles. The quantitative estimate of drug-likeness (QED) is 0.177. The van der Waals surface area contributed by atoms with Gasteiger partial charge in [-0.1, -0.05) is 0 Å². The number of hydrogen-bond donors (Lipinski definition) is 3. The minimum Gasteiger partial charge on any atom is 2.00 e. The molecule has 3 N–H and O–H groups in total. The van der Waals surface area contributed by atoms with Gasteiger partial charge < -0.3 is 21.3 Å². The standard InChI is InChI=1S/2C6H12Cl2N2.ClH3O4.Zn/c2*7-1-3-9-5-6-10-4-2-8;2-1(3,4)5;/h2*1-6H2;2-4H;/q2*-2;;+2. The van der Waals surface area contributed by atoms with Crippen molar-refractivity contribution in [2.24, 2.45) is 0 Å². The van der Waals surface area contributed by atoms with Gasteiger partial charge in [-0.25, -0.2) is 0 Å². The minimum absolute atomic E-state index is 0. The Hall–Kier alpha value is 1.75. The van der Waals surface area contributed by atoms with Gasteiger partial charge in [-0.3, -0.25) is 0 Å². The van der Waals surface area contributed by atoms with Crippen molar-refractivity contribution in [1.82, 2.24) is 0 Å². The van der Waals surface area contributed by atoms with E-state index in [2.05, 4.69) is 21.3 Å². The molecule has 0 saturated carbocycles. The molecule has 0 unspecified atom stereocenters. The van der Waals surface area contributed by atoms with Gasteiger partial charge in [0.1, 0.15) is 0 Å². The third-order valence-electron chi connectivity index (χ3n) is 1.80. The average Bonchev–Trinajstić information content (AvgIpc) is 2.53. The molecule has 0 radical (unpaired) electrons. The zero-order chi connectivity index (χ0) is 19.8. The van der Waals surface area contributed by atoms with Gasteiger partial charge in [-0.15, -0.1) is 72.6 Å². The first-order valence-electron chi connectivity index (χ1n) is 7.26. The normalized spacial score (nSPS) is 10.8. The van der Waals surface area contributed by atoms with Crippen LogP contribution < -0.4 is 4.66 Å². The molecule has 0 aliphatic rings. The van der Waals surface area contributed by atoms with Crippen LogP contribution in [0.2, 0.25) is 0 Å². The molecule has 8 nitrogen and oxygen atoms in total. The van der Waals surface area contributed by atoms with Gasteiger partial charge in [0.15, 0.2) is 0 Å². The molecule has 0 heterocycles. The summed E-state index contributed by atoms with van der Waals surface area (Å²) in [5, 5.41) is 16.4. The van der Waals surface area contributed by atoms with Crippen molar-refractivity contribution in [3.63, 3.8) is 0 Å². The van der Waals surface area contributed by atoms with E-state index in [0.717, 1.165) is 52.4 Å². The van der Waals surface area contributed by atoms with E-state index in [1.807, 2.05) is 0 Å². The van der Waals surface area contributed by atoms with E-state index < -0.39 is 10.2 Å². The number of halogens is 5. The predicted molar refractivity (Wildman–Crippen MR) is 102 cm³/mol. The summed E-state index contributed by atoms with van der Waals surface area (Å²) in [7, 11) is -4.19. The Labute approximate surface area is 191 Å². The SMILES string of the molecule is ClCC[N-]CC[N-]CCCl.ClCC[N-]CC[N-]CCCl.[O-][Cl+](O)(O)O.[Zn+2]. The van der Waals surface area contributed by atoms with Crippen LogP contribution in [0.15, 0.2) is 0 Å². The molecule has 0 aliphatic heterocycles. The van der Waals surface area contributed by atoms with Crippen molar-refractivity contribution in [3.8, 4) is 0 Å². The second-order valence-electron chi connectivity index (χ2n) is 3.87. The first-order valence-corrected chi connectivity index (χ1v) is 10.7. The summed E-state index contributed by atoms with van der Waals surface area (Å²) in [6, 6.07) is 0. The van der Waals surface area contributed by atoms with Crippen LogP contribution in [0.5, 0.6) is 0 Å². The fourth-order valence-electron chi connectivity index (χ4n) is 0.969. The number of alkyl halides is 4. The largest absolute Gasteiger partial charge is 2.00 e. The van der Waals surface area contributed by atoms with Crippen molar-refractivity contribution in [1.29, 1.82) is 0 Å². The number of nitrogens with zero attached hydrogens (tertiary/aromatic N) is 4. The summed E-state index contributed by atoms with van der Waals surface area (Å²) in [6.45, 7) is 6.06. The van der Waals surface area contributed by atoms with Gasteiger partial charge in [-0.2, -0.15) is 26.2 Å². The van der Waals surface area contributed by atoms with Crippen LogP contribution in [0.3, 0.4) is 0 Å². The van der Waals surface area contributed by atoms with E-state index in [-0.39, 0.29) is 19.5 Å². The third-order valence-corrected chi connectivity index (χ3v) is 2.48. The van der Waals surface area contributed by atoms with Gasteiger partial charge in [0.2, 0.25) is 0 Å². The molecule has 0 amide bonds. The van der Waals surface area contributed by atoms with Crippen LogP contribution in [0.1, 0.15) is 0 Å². The van der Waals surface area contributed by atoms with Crippen LogP contribution in [0, 0.1) is 10.2 Å². The summed E-state index contributed by atoms with van der Waals surface area (Å²) >= 11 is 21.6. The monoisotopic (exact) mass is 530 g/mol. The Morgan fingerprint density at radius 3 is 0.808 bits per heavy atom. The van der Waals surface area contributed by atoms with Crippen LogP contribution in [-0.2, 0) is 19.5 Å². The minimum atomic E-state index is -4.19. The molecule has 0 aromatic carbocycles. The van der Waals surface area contributed by atoms with Crippen LogP contribution in [0.25, 0.3) is 21.3 Å². The van der Waals surface area contributed by atoms with Crippen molar-refractivity contribution in [2.45, 2.75) is 0 Å². The van der Waals surface area contributed by atoms with E-state index in [0.29, 0.717) is 23.5 Å². The molecule has 0 aromatic rings. The van der Waals surface area contributed by atoms with Crippen molar-refractivity contribution < 1.29 is 48.4 Å². The zero-order valence-electron chi connectivity index (χ0n) is 14.6. The molecule has 0 rings (SSSR count). The number of rotatable bonds is 14. The molecule has 0 bridgehead atoms. The smallest absolute Gasteiger partial charge is 2.00 e. The topological polar surface area (TPSA) is 140 Å². The van der Waals surface area contributed by atoms with Crippen LogP contribution in [-0.4, -0.2) is 89.9 Å². The Kier molecular flexibility index (Phi) is 42.6. The fourth-order valence-corrected chi connectivity index (χ4v) is 1.45. The predicted octanol–water partition coefficient (Wildman–Crippen LogP) is 1.56. The summed E-state index contributed by atoms with van der Waals surface area (Å²) in [6.07, 6.45) is 0. The molecule has 26 heavy (non-hydrogen) atoms. The summed E-state index contributed by atoms with van der Waals surface area (Å²) < 4.78 is 30.2. The maximum absolute atomic E-state index is 8.83. The maximum Gasteiger partial charge on any atom is 2.00 e. The molecule has 0 saturated heterocycles. The molecule has 0 spiro atoms. The van der Waals surface area contributed by atoms with Crippen molar-refractivity contribution >= 4 is 46.4 Å². The first-order chi connectivity index (χ1) is 11.8. The van der Waals surface area contributed by atoms with Gasteiger partial charge >= 0.3 is 48.4 Å². The molecule has 0 aromatic heterocycles. The average molecular weight is 534 g/mol. The fraction of sp³-hybridized carbons (Fsp3) is 1.00. The molecule has 14 heteroatoms. The Bertz CT molecular complexity index is 200. The van der Waals surface area contributed by atoms with Crippen LogP contribution >= 0.6 is 46.4 Å². The summed E-state index contributed by atoms with van der Waals surface area (Å²) in [4.78, 5) is 0. The van der Waals surface area contributed by atoms with E-state index in [1.165, 1.54) is 0 Å². The summed E-state index contributed by atoms with van der Waals surface area (Å²) in [5.74, 6) is 2.43. The Morgan fingerprint density at radius 2 is 0.692 bits per heavy atom. The third kappa shape index (κ3) is 63.6. The van der Waals surface area contributed by atoms with E-state index in [1.54, 1.807) is 0 Å². The molecule has 158 valence electrons. The molecule has 0 fully saturated rings. The summed E-state index contributed by atoms with van der Waals surface area (Å²) in [5.41, 5.74) is 0. The number of hydrogen-bond acceptors (Lipinski definition) is 4. The molecule has 0 atom stereocenters. The van der Waals surface area contributed by atoms with E-state index in [4.69, 9.17) is 65.0 Å². The zero-order valence-corrected chi connectivity index (χ0v) is 21.4. The van der Waals surface area contributed by atoms with Crippen LogP contribution in [0.4, 0.5) is 0 Å². The van der Waals surface area contributed by atoms with Crippen molar-refractivity contribution in [3.05, 3.63) is 21.3 Å². The maximum atomic E-state index is 8.83. The van der Waals surface area contributed by atoms with E-state index in [9.17, 15) is 0 Å².